The largest absolute Gasteiger partial charge is 0.454 e. The lowest BCUT2D eigenvalue weighted by Gasteiger charge is -2.23. The smallest absolute Gasteiger partial charge is 0.325 e. The van der Waals surface area contributed by atoms with Crippen LogP contribution in [0.1, 0.15) is 29.0 Å². The number of carbonyl (C=O) groups is 3. The number of benzene rings is 2. The molecular formula is C24H21N3O5S. The van der Waals surface area contributed by atoms with Gasteiger partial charge in [0.25, 0.3) is 5.91 Å². The number of thiophene rings is 1. The Morgan fingerprint density at radius 2 is 1.91 bits per heavy atom. The van der Waals surface area contributed by atoms with Crippen molar-refractivity contribution in [3.63, 3.8) is 0 Å². The highest BCUT2D eigenvalue weighted by atomic mass is 32.1. The lowest BCUT2D eigenvalue weighted by atomic mass is 9.91. The van der Waals surface area contributed by atoms with E-state index in [1.807, 2.05) is 47.8 Å². The highest BCUT2D eigenvalue weighted by Crippen LogP contribution is 2.37. The van der Waals surface area contributed by atoms with Crippen molar-refractivity contribution in [3.8, 4) is 11.5 Å². The maximum absolute atomic E-state index is 13.3. The Kier molecular flexibility index (Phi) is 5.26. The van der Waals surface area contributed by atoms with Gasteiger partial charge in [0.1, 0.15) is 12.1 Å². The number of hydrogen-bond donors (Lipinski definition) is 2. The molecule has 0 bridgehead atoms. The third kappa shape index (κ3) is 3.80. The molecule has 2 aromatic carbocycles. The normalized spacial score (nSPS) is 20.0. The molecule has 2 N–H and O–H groups in total. The number of urea groups is 1. The number of fused-ring (bicyclic) bond motifs is 1. The molecule has 0 spiro atoms. The molecule has 0 aliphatic carbocycles. The number of amides is 4. The molecule has 168 valence electrons. The molecule has 0 unspecified atom stereocenters. The molecule has 2 aliphatic heterocycles. The summed E-state index contributed by atoms with van der Waals surface area (Å²) in [6.45, 7) is 1.33. The van der Waals surface area contributed by atoms with Crippen molar-refractivity contribution in [3.05, 3.63) is 82.0 Å². The molecule has 9 heteroatoms. The molecular weight excluding hydrogens is 442 g/mol. The molecule has 1 fully saturated rings. The Balaban J connectivity index is 1.34. The van der Waals surface area contributed by atoms with Gasteiger partial charge in [-0.05, 0) is 41.6 Å². The first-order valence-electron chi connectivity index (χ1n) is 10.4. The zero-order valence-corrected chi connectivity index (χ0v) is 18.6. The summed E-state index contributed by atoms with van der Waals surface area (Å²) in [7, 11) is 0. The molecule has 1 aromatic heterocycles. The van der Waals surface area contributed by atoms with Crippen LogP contribution in [0.2, 0.25) is 0 Å². The van der Waals surface area contributed by atoms with Gasteiger partial charge in [0, 0.05) is 4.88 Å². The van der Waals surface area contributed by atoms with Crippen molar-refractivity contribution in [2.24, 2.45) is 0 Å². The molecule has 0 radical (unpaired) electrons. The van der Waals surface area contributed by atoms with Crippen LogP contribution in [0.4, 0.5) is 4.79 Å². The van der Waals surface area contributed by atoms with E-state index < -0.39 is 23.4 Å². The summed E-state index contributed by atoms with van der Waals surface area (Å²) in [5, 5.41) is 7.62. The van der Waals surface area contributed by atoms with E-state index in [9.17, 15) is 14.4 Å². The molecule has 8 nitrogen and oxygen atoms in total. The van der Waals surface area contributed by atoms with E-state index in [0.29, 0.717) is 17.1 Å². The zero-order valence-electron chi connectivity index (χ0n) is 17.7. The highest BCUT2D eigenvalue weighted by molar-refractivity contribution is 7.10. The predicted molar refractivity (Wildman–Crippen MR) is 121 cm³/mol. The van der Waals surface area contributed by atoms with Crippen LogP contribution in [0.3, 0.4) is 0 Å². The first-order valence-corrected chi connectivity index (χ1v) is 11.3. The van der Waals surface area contributed by atoms with Gasteiger partial charge in [0.2, 0.25) is 12.7 Å². The fourth-order valence-electron chi connectivity index (χ4n) is 4.01. The average Bonchev–Trinajstić information content (AvgIpc) is 3.56. The fourth-order valence-corrected chi connectivity index (χ4v) is 4.82. The minimum Gasteiger partial charge on any atom is -0.454 e. The van der Waals surface area contributed by atoms with Crippen molar-refractivity contribution < 1.29 is 23.9 Å². The number of nitrogens with zero attached hydrogens (tertiary/aromatic N) is 1. The zero-order chi connectivity index (χ0) is 23.0. The van der Waals surface area contributed by atoms with Crippen molar-refractivity contribution in [1.29, 1.82) is 0 Å². The van der Waals surface area contributed by atoms with Crippen molar-refractivity contribution in [2.45, 2.75) is 18.5 Å². The monoisotopic (exact) mass is 463 g/mol. The van der Waals surface area contributed by atoms with E-state index in [2.05, 4.69) is 10.6 Å². The number of imide groups is 1. The van der Waals surface area contributed by atoms with Gasteiger partial charge in [-0.15, -0.1) is 11.3 Å². The molecule has 33 heavy (non-hydrogen) atoms. The number of rotatable bonds is 6. The molecule has 3 heterocycles. The number of carbonyl (C=O) groups excluding carboxylic acids is 3. The topological polar surface area (TPSA) is 97.0 Å². The van der Waals surface area contributed by atoms with Gasteiger partial charge in [0.05, 0.1) is 6.04 Å². The number of hydrogen-bond acceptors (Lipinski definition) is 6. The van der Waals surface area contributed by atoms with Crippen LogP contribution in [0, 0.1) is 0 Å². The summed E-state index contributed by atoms with van der Waals surface area (Å²) in [5.74, 6) is 0.147. The second kappa shape index (κ2) is 8.25. The molecule has 5 rings (SSSR count). The molecule has 2 aliphatic rings. The molecule has 1 saturated heterocycles. The van der Waals surface area contributed by atoms with Crippen molar-refractivity contribution in [2.75, 3.05) is 13.3 Å². The van der Waals surface area contributed by atoms with Gasteiger partial charge < -0.3 is 20.1 Å². The second-order valence-corrected chi connectivity index (χ2v) is 8.92. The molecule has 3 aromatic rings. The van der Waals surface area contributed by atoms with E-state index >= 15 is 0 Å². The van der Waals surface area contributed by atoms with Gasteiger partial charge in [-0.1, -0.05) is 42.5 Å². The predicted octanol–water partition coefficient (Wildman–Crippen LogP) is 3.15. The van der Waals surface area contributed by atoms with Crippen LogP contribution < -0.4 is 20.1 Å². The second-order valence-electron chi connectivity index (χ2n) is 7.94. The quantitative estimate of drug-likeness (QED) is 0.548. The standard InChI is InChI=1S/C24H21N3O5S/c1-24(16-9-10-17-18(12-16)32-14-31-17)22(29)27(23(30)26-24)13-20(28)25-21(19-8-5-11-33-19)15-6-3-2-4-7-15/h2-12,21H,13-14H2,1H3,(H,25,28)(H,26,30)/t21-,24+/m0/s1. The lowest BCUT2D eigenvalue weighted by Crippen LogP contribution is -2.44. The van der Waals surface area contributed by atoms with Gasteiger partial charge in [0.15, 0.2) is 11.5 Å². The maximum atomic E-state index is 13.3. The van der Waals surface area contributed by atoms with Gasteiger partial charge in [-0.2, -0.15) is 0 Å². The number of ether oxygens (including phenoxy) is 2. The van der Waals surface area contributed by atoms with Gasteiger partial charge in [-0.25, -0.2) is 4.79 Å². The summed E-state index contributed by atoms with van der Waals surface area (Å²) >= 11 is 1.52. The lowest BCUT2D eigenvalue weighted by molar-refractivity contribution is -0.135. The Hall–Kier alpha value is -3.85. The summed E-state index contributed by atoms with van der Waals surface area (Å²) in [6.07, 6.45) is 0. The van der Waals surface area contributed by atoms with Crippen LogP contribution in [0.25, 0.3) is 0 Å². The van der Waals surface area contributed by atoms with E-state index in [0.717, 1.165) is 15.3 Å². The SMILES string of the molecule is C[C@]1(c2ccc3c(c2)OCO3)NC(=O)N(CC(=O)N[C@@H](c2ccccc2)c2cccs2)C1=O. The first kappa shape index (κ1) is 21.0. The Bertz CT molecular complexity index is 1210. The van der Waals surface area contributed by atoms with E-state index in [1.165, 1.54) is 11.3 Å². The third-order valence-electron chi connectivity index (χ3n) is 5.79. The van der Waals surface area contributed by atoms with Gasteiger partial charge in [-0.3, -0.25) is 14.5 Å². The van der Waals surface area contributed by atoms with Crippen LogP contribution >= 0.6 is 11.3 Å². The molecule has 4 amide bonds. The summed E-state index contributed by atoms with van der Waals surface area (Å²) in [6, 6.07) is 17.5. The minimum atomic E-state index is -1.31. The molecule has 2 atom stereocenters. The Morgan fingerprint density at radius 1 is 1.12 bits per heavy atom. The number of nitrogens with one attached hydrogen (secondary N) is 2. The van der Waals surface area contributed by atoms with E-state index in [4.69, 9.17) is 9.47 Å². The summed E-state index contributed by atoms with van der Waals surface area (Å²) in [4.78, 5) is 40.8. The van der Waals surface area contributed by atoms with Crippen LogP contribution in [0.5, 0.6) is 11.5 Å². The maximum Gasteiger partial charge on any atom is 0.325 e. The Labute approximate surface area is 194 Å². The first-order chi connectivity index (χ1) is 16.0. The van der Waals surface area contributed by atoms with Crippen LogP contribution in [-0.2, 0) is 15.1 Å². The van der Waals surface area contributed by atoms with Crippen LogP contribution in [-0.4, -0.2) is 36.1 Å². The van der Waals surface area contributed by atoms with E-state index in [-0.39, 0.29) is 19.4 Å². The van der Waals surface area contributed by atoms with Crippen molar-refractivity contribution in [1.82, 2.24) is 15.5 Å². The molecule has 0 saturated carbocycles. The fraction of sp³-hybridized carbons (Fsp3) is 0.208. The van der Waals surface area contributed by atoms with E-state index in [1.54, 1.807) is 25.1 Å². The highest BCUT2D eigenvalue weighted by Gasteiger charge is 2.50. The summed E-state index contributed by atoms with van der Waals surface area (Å²) < 4.78 is 10.7. The Morgan fingerprint density at radius 3 is 2.67 bits per heavy atom. The third-order valence-corrected chi connectivity index (χ3v) is 6.73. The minimum absolute atomic E-state index is 0.106. The summed E-state index contributed by atoms with van der Waals surface area (Å²) in [5.41, 5.74) is 0.148. The average molecular weight is 464 g/mol. The van der Waals surface area contributed by atoms with Gasteiger partial charge >= 0.3 is 6.03 Å². The van der Waals surface area contributed by atoms with Crippen LogP contribution in [0.15, 0.2) is 66.0 Å². The van der Waals surface area contributed by atoms with Crippen molar-refractivity contribution >= 4 is 29.2 Å².